The Morgan fingerprint density at radius 3 is 2.47 bits per heavy atom. The summed E-state index contributed by atoms with van der Waals surface area (Å²) in [5.41, 5.74) is 3.60. The van der Waals surface area contributed by atoms with E-state index in [1.54, 1.807) is 6.20 Å². The molecule has 0 spiro atoms. The Balaban J connectivity index is 0.00000218. The zero-order valence-corrected chi connectivity index (χ0v) is 21.4. The van der Waals surface area contributed by atoms with E-state index >= 15 is 0 Å². The number of allylic oxidation sites excluding steroid dienone is 8. The van der Waals surface area contributed by atoms with Crippen LogP contribution in [-0.4, -0.2) is 9.55 Å². The normalized spacial score (nSPS) is 14.3. The van der Waals surface area contributed by atoms with Gasteiger partial charge in [-0.25, -0.2) is 4.98 Å². The molecule has 0 N–H and O–H groups in total. The van der Waals surface area contributed by atoms with Crippen LogP contribution in [0.2, 0.25) is 0 Å². The van der Waals surface area contributed by atoms with E-state index in [1.807, 2.05) is 55.8 Å². The second-order valence-corrected chi connectivity index (χ2v) is 8.36. The zero-order valence-electron chi connectivity index (χ0n) is 18.2. The molecule has 1 aromatic heterocycles. The number of hydrogen-bond acceptors (Lipinski definition) is 2. The topological polar surface area (TPSA) is 27.1 Å². The maximum absolute atomic E-state index is 5.62. The number of rotatable bonds is 10. The predicted molar refractivity (Wildman–Crippen MR) is 141 cm³/mol. The van der Waals surface area contributed by atoms with Gasteiger partial charge in [-0.1, -0.05) is 75.8 Å². The van der Waals surface area contributed by atoms with E-state index in [4.69, 9.17) is 4.52 Å². The van der Waals surface area contributed by atoms with Gasteiger partial charge in [0.1, 0.15) is 11.9 Å². The first-order valence-corrected chi connectivity index (χ1v) is 14.1. The molecule has 1 fully saturated rings. The monoisotopic (exact) mass is 534 g/mol. The van der Waals surface area contributed by atoms with Crippen LogP contribution >= 0.6 is 28.5 Å². The minimum Gasteiger partial charge on any atom is -0.341 e. The Morgan fingerprint density at radius 2 is 1.87 bits per heavy atom. The van der Waals surface area contributed by atoms with Crippen molar-refractivity contribution >= 4 is 28.5 Å². The van der Waals surface area contributed by atoms with E-state index in [2.05, 4.69) is 65.2 Å². The first-order valence-electron chi connectivity index (χ1n) is 10.1. The van der Waals surface area contributed by atoms with Crippen molar-refractivity contribution in [2.45, 2.75) is 46.3 Å². The molecule has 160 valence electrons. The molecule has 1 aromatic rings. The third kappa shape index (κ3) is 9.43. The van der Waals surface area contributed by atoms with Crippen molar-refractivity contribution in [3.63, 3.8) is 0 Å². The Morgan fingerprint density at radius 1 is 1.23 bits per heavy atom. The lowest BCUT2D eigenvalue weighted by atomic mass is 10.1. The fraction of sp³-hybridized carbons (Fsp3) is 0.320. The molecule has 0 saturated heterocycles. The third-order valence-electron chi connectivity index (χ3n) is 4.33. The fourth-order valence-corrected chi connectivity index (χ4v) is 3.81. The SMILES string of the molecule is C=C(C#CCn1ccnc1C(C)OPI)/C=C\C(=C)C(=C)/C=C\C(=C)C1CC1.CC. The van der Waals surface area contributed by atoms with Crippen molar-refractivity contribution in [3.05, 3.63) is 91.1 Å². The highest BCUT2D eigenvalue weighted by Gasteiger charge is 2.22. The lowest BCUT2D eigenvalue weighted by Gasteiger charge is -2.11. The molecule has 1 aliphatic carbocycles. The van der Waals surface area contributed by atoms with Gasteiger partial charge in [0.05, 0.1) is 13.0 Å². The van der Waals surface area contributed by atoms with Crippen molar-refractivity contribution in [3.8, 4) is 11.8 Å². The molecule has 1 heterocycles. The minimum absolute atomic E-state index is 0.0477. The van der Waals surface area contributed by atoms with Gasteiger partial charge in [-0.3, -0.25) is 0 Å². The average Bonchev–Trinajstić information content (AvgIpc) is 3.50. The second-order valence-electron chi connectivity index (χ2n) is 6.64. The molecule has 1 saturated carbocycles. The number of imidazole rings is 1. The van der Waals surface area contributed by atoms with Crippen LogP contribution in [0.3, 0.4) is 0 Å². The molecule has 5 heteroatoms. The molecule has 0 radical (unpaired) electrons. The third-order valence-corrected chi connectivity index (χ3v) is 5.53. The van der Waals surface area contributed by atoms with Gasteiger partial charge in [-0.05, 0) is 64.9 Å². The summed E-state index contributed by atoms with van der Waals surface area (Å²) < 4.78 is 7.61. The van der Waals surface area contributed by atoms with Crippen LogP contribution in [0.25, 0.3) is 0 Å². The summed E-state index contributed by atoms with van der Waals surface area (Å²) in [6.07, 6.45) is 13.9. The van der Waals surface area contributed by atoms with Crippen LogP contribution in [0.5, 0.6) is 0 Å². The Bertz CT molecular complexity index is 878. The van der Waals surface area contributed by atoms with Crippen molar-refractivity contribution in [2.75, 3.05) is 0 Å². The summed E-state index contributed by atoms with van der Waals surface area (Å²) in [5.74, 6) is 7.73. The van der Waals surface area contributed by atoms with Crippen molar-refractivity contribution in [1.29, 1.82) is 0 Å². The van der Waals surface area contributed by atoms with Crippen molar-refractivity contribution < 1.29 is 4.52 Å². The summed E-state index contributed by atoms with van der Waals surface area (Å²) >= 11 is 2.21. The highest BCUT2D eigenvalue weighted by atomic mass is 127. The maximum Gasteiger partial charge on any atom is 0.138 e. The van der Waals surface area contributed by atoms with Crippen LogP contribution in [0.15, 0.2) is 85.3 Å². The van der Waals surface area contributed by atoms with Crippen molar-refractivity contribution in [2.24, 2.45) is 5.92 Å². The van der Waals surface area contributed by atoms with Gasteiger partial charge in [0.25, 0.3) is 0 Å². The molecule has 0 aromatic carbocycles. The summed E-state index contributed by atoms with van der Waals surface area (Å²) in [4.78, 5) is 4.36. The molecule has 0 aliphatic heterocycles. The number of nitrogens with zero attached hydrogens (tertiary/aromatic N) is 2. The summed E-state index contributed by atoms with van der Waals surface area (Å²) in [5, 5.41) is 0. The summed E-state index contributed by atoms with van der Waals surface area (Å²) in [7, 11) is 0. The van der Waals surface area contributed by atoms with Crippen LogP contribution in [0.4, 0.5) is 0 Å². The maximum atomic E-state index is 5.62. The smallest absolute Gasteiger partial charge is 0.138 e. The lowest BCUT2D eigenvalue weighted by Crippen LogP contribution is -2.06. The Labute approximate surface area is 197 Å². The fourth-order valence-electron chi connectivity index (χ4n) is 2.43. The first-order chi connectivity index (χ1) is 14.4. The number of halogens is 1. The second kappa shape index (κ2) is 14.4. The quantitative estimate of drug-likeness (QED) is 0.133. The molecule has 3 nitrogen and oxygen atoms in total. The van der Waals surface area contributed by atoms with E-state index in [0.29, 0.717) is 18.9 Å². The van der Waals surface area contributed by atoms with Crippen LogP contribution in [-0.2, 0) is 11.1 Å². The minimum atomic E-state index is -0.0477. The van der Waals surface area contributed by atoms with Crippen LogP contribution < -0.4 is 0 Å². The first kappa shape index (κ1) is 26.4. The van der Waals surface area contributed by atoms with Gasteiger partial charge in [-0.15, -0.1) is 0 Å². The molecule has 2 atom stereocenters. The highest BCUT2D eigenvalue weighted by molar-refractivity contribution is 14.2. The molecule has 0 amide bonds. The lowest BCUT2D eigenvalue weighted by molar-refractivity contribution is 0.251. The molecule has 1 aliphatic rings. The van der Waals surface area contributed by atoms with Gasteiger partial charge >= 0.3 is 0 Å². The van der Waals surface area contributed by atoms with Gasteiger partial charge in [0.2, 0.25) is 0 Å². The summed E-state index contributed by atoms with van der Waals surface area (Å²) in [6, 6.07) is 0. The van der Waals surface area contributed by atoms with Gasteiger partial charge in [-0.2, -0.15) is 0 Å². The highest BCUT2D eigenvalue weighted by Crippen LogP contribution is 2.36. The van der Waals surface area contributed by atoms with Crippen molar-refractivity contribution in [1.82, 2.24) is 9.55 Å². The van der Waals surface area contributed by atoms with E-state index in [9.17, 15) is 0 Å². The standard InChI is InChI=1S/C23H26IN2OP.C2H6/c1-17(7-6-15-26-16-14-25-23(26)21(5)27-28-24)8-9-18(2)19(3)10-11-20(4)22-12-13-22;1-2/h8-11,14,16,21-22,28H,1-4,12-13,15H2,5H3;1-2H3/b9-8-,11-10-;. The molecule has 0 bridgehead atoms. The zero-order chi connectivity index (χ0) is 22.5. The van der Waals surface area contributed by atoms with Gasteiger partial charge < -0.3 is 9.09 Å². The van der Waals surface area contributed by atoms with E-state index in [-0.39, 0.29) is 6.10 Å². The Hall–Kier alpha value is -1.67. The van der Waals surface area contributed by atoms with Gasteiger partial charge in [0.15, 0.2) is 0 Å². The Kier molecular flexibility index (Phi) is 12.6. The molecular weight excluding hydrogens is 502 g/mol. The molecule has 2 unspecified atom stereocenters. The molecule has 2 rings (SSSR count). The number of aromatic nitrogens is 2. The average molecular weight is 534 g/mol. The van der Waals surface area contributed by atoms with Crippen LogP contribution in [0.1, 0.15) is 45.5 Å². The largest absolute Gasteiger partial charge is 0.341 e. The summed E-state index contributed by atoms with van der Waals surface area (Å²) in [6.45, 7) is 23.1. The van der Waals surface area contributed by atoms with Gasteiger partial charge in [0, 0.05) is 18.0 Å². The van der Waals surface area contributed by atoms with E-state index < -0.39 is 0 Å². The molecular formula is C25H32IN2OP. The van der Waals surface area contributed by atoms with Crippen LogP contribution in [0, 0.1) is 17.8 Å². The van der Waals surface area contributed by atoms with E-state index in [0.717, 1.165) is 22.5 Å². The number of hydrogen-bond donors (Lipinski definition) is 0. The van der Waals surface area contributed by atoms with E-state index in [1.165, 1.54) is 18.4 Å². The predicted octanol–water partition coefficient (Wildman–Crippen LogP) is 7.68. The molecule has 30 heavy (non-hydrogen) atoms.